The van der Waals surface area contributed by atoms with Crippen molar-refractivity contribution in [2.75, 3.05) is 6.54 Å². The normalized spacial score (nSPS) is 12.7. The molecule has 1 nitrogen and oxygen atoms in total. The van der Waals surface area contributed by atoms with Crippen LogP contribution in [0.3, 0.4) is 0 Å². The van der Waals surface area contributed by atoms with Gasteiger partial charge in [0.05, 0.1) is 10.4 Å². The average Bonchev–Trinajstić information content (AvgIpc) is 2.74. The van der Waals surface area contributed by atoms with Crippen molar-refractivity contribution >= 4 is 38.9 Å². The Hall–Kier alpha value is -0.350. The Labute approximate surface area is 138 Å². The molecule has 1 aromatic carbocycles. The second-order valence-electron chi connectivity index (χ2n) is 5.02. The molecule has 108 valence electrons. The van der Waals surface area contributed by atoms with Crippen LogP contribution >= 0.6 is 38.9 Å². The van der Waals surface area contributed by atoms with E-state index in [-0.39, 0.29) is 6.04 Å². The monoisotopic (exact) mass is 371 g/mol. The third-order valence-electron chi connectivity index (χ3n) is 3.22. The predicted molar refractivity (Wildman–Crippen MR) is 93.1 cm³/mol. The Morgan fingerprint density at radius 2 is 2.05 bits per heavy atom. The lowest BCUT2D eigenvalue weighted by atomic mass is 10.0. The third kappa shape index (κ3) is 3.64. The van der Waals surface area contributed by atoms with Crippen LogP contribution in [0.15, 0.2) is 28.7 Å². The Bertz CT molecular complexity index is 575. The molecule has 4 heteroatoms. The SMILES string of the molecule is CCCNC(c1cc(C)c(Cl)s1)c1cc(C)ccc1Br. The van der Waals surface area contributed by atoms with Crippen LogP contribution in [-0.2, 0) is 0 Å². The molecule has 1 heterocycles. The van der Waals surface area contributed by atoms with Crippen LogP contribution in [0.4, 0.5) is 0 Å². The number of nitrogens with one attached hydrogen (secondary N) is 1. The number of benzene rings is 1. The number of halogens is 2. The molecule has 0 saturated carbocycles. The number of hydrogen-bond acceptors (Lipinski definition) is 2. The highest BCUT2D eigenvalue weighted by Crippen LogP contribution is 2.36. The van der Waals surface area contributed by atoms with Gasteiger partial charge in [0.15, 0.2) is 0 Å². The van der Waals surface area contributed by atoms with E-state index in [9.17, 15) is 0 Å². The molecule has 0 aliphatic carbocycles. The van der Waals surface area contributed by atoms with Crippen LogP contribution in [0, 0.1) is 13.8 Å². The van der Waals surface area contributed by atoms with Crippen molar-refractivity contribution in [2.24, 2.45) is 0 Å². The van der Waals surface area contributed by atoms with E-state index in [1.54, 1.807) is 11.3 Å². The molecule has 0 aliphatic heterocycles. The highest BCUT2D eigenvalue weighted by Gasteiger charge is 2.19. The Morgan fingerprint density at radius 1 is 1.30 bits per heavy atom. The quantitative estimate of drug-likeness (QED) is 0.692. The molecule has 20 heavy (non-hydrogen) atoms. The van der Waals surface area contributed by atoms with Gasteiger partial charge in [-0.2, -0.15) is 0 Å². The van der Waals surface area contributed by atoms with Gasteiger partial charge < -0.3 is 5.32 Å². The molecular formula is C16H19BrClNS. The van der Waals surface area contributed by atoms with Crippen LogP contribution in [-0.4, -0.2) is 6.54 Å². The van der Waals surface area contributed by atoms with Crippen molar-refractivity contribution in [3.63, 3.8) is 0 Å². The largest absolute Gasteiger partial charge is 0.306 e. The summed E-state index contributed by atoms with van der Waals surface area (Å²) < 4.78 is 2.02. The first-order valence-corrected chi connectivity index (χ1v) is 8.77. The first kappa shape index (κ1) is 16.0. The fraction of sp³-hybridized carbons (Fsp3) is 0.375. The number of hydrogen-bond donors (Lipinski definition) is 1. The summed E-state index contributed by atoms with van der Waals surface area (Å²) in [7, 11) is 0. The molecule has 0 spiro atoms. The van der Waals surface area contributed by atoms with Gasteiger partial charge in [-0.1, -0.05) is 52.2 Å². The van der Waals surface area contributed by atoms with Crippen LogP contribution in [0.25, 0.3) is 0 Å². The summed E-state index contributed by atoms with van der Waals surface area (Å²) in [5.41, 5.74) is 3.70. The highest BCUT2D eigenvalue weighted by molar-refractivity contribution is 9.10. The topological polar surface area (TPSA) is 12.0 Å². The Balaban J connectivity index is 2.43. The van der Waals surface area contributed by atoms with Gasteiger partial charge in [-0.25, -0.2) is 0 Å². The smallest absolute Gasteiger partial charge is 0.0961 e. The zero-order valence-electron chi connectivity index (χ0n) is 12.0. The summed E-state index contributed by atoms with van der Waals surface area (Å²) in [4.78, 5) is 1.27. The minimum absolute atomic E-state index is 0.195. The van der Waals surface area contributed by atoms with Crippen LogP contribution in [0.1, 0.15) is 41.0 Å². The first-order valence-electron chi connectivity index (χ1n) is 6.78. The average molecular weight is 373 g/mol. The van der Waals surface area contributed by atoms with E-state index in [0.29, 0.717) is 0 Å². The van der Waals surface area contributed by atoms with Crippen molar-refractivity contribution in [2.45, 2.75) is 33.2 Å². The van der Waals surface area contributed by atoms with Crippen molar-refractivity contribution in [1.29, 1.82) is 0 Å². The van der Waals surface area contributed by atoms with Gasteiger partial charge in [0, 0.05) is 9.35 Å². The molecule has 0 amide bonds. The minimum atomic E-state index is 0.195. The lowest BCUT2D eigenvalue weighted by Crippen LogP contribution is -2.22. The maximum absolute atomic E-state index is 6.25. The second kappa shape index (κ2) is 7.08. The summed E-state index contributed by atoms with van der Waals surface area (Å²) >= 11 is 11.6. The van der Waals surface area contributed by atoms with Crippen molar-refractivity contribution in [3.05, 3.63) is 54.6 Å². The summed E-state index contributed by atoms with van der Waals surface area (Å²) in [6.07, 6.45) is 1.11. The molecule has 2 rings (SSSR count). The van der Waals surface area contributed by atoms with E-state index in [0.717, 1.165) is 27.3 Å². The molecule has 0 fully saturated rings. The highest BCUT2D eigenvalue weighted by atomic mass is 79.9. The maximum Gasteiger partial charge on any atom is 0.0961 e. The van der Waals surface area contributed by atoms with E-state index in [1.807, 2.05) is 0 Å². The number of thiophene rings is 1. The fourth-order valence-corrected chi connectivity index (χ4v) is 3.95. The second-order valence-corrected chi connectivity index (χ2v) is 7.56. The first-order chi connectivity index (χ1) is 9.52. The summed E-state index contributed by atoms with van der Waals surface area (Å²) in [6, 6.07) is 8.86. The standard InChI is InChI=1S/C16H19BrClNS/c1-4-7-19-15(14-9-11(3)16(18)20-14)12-8-10(2)5-6-13(12)17/h5-6,8-9,15,19H,4,7H2,1-3H3. The van der Waals surface area contributed by atoms with Gasteiger partial charge in [-0.05, 0) is 50.1 Å². The lowest BCUT2D eigenvalue weighted by Gasteiger charge is -2.19. The van der Waals surface area contributed by atoms with E-state index in [4.69, 9.17) is 11.6 Å². The minimum Gasteiger partial charge on any atom is -0.306 e. The van der Waals surface area contributed by atoms with E-state index < -0.39 is 0 Å². The molecule has 0 aliphatic rings. The van der Waals surface area contributed by atoms with Crippen molar-refractivity contribution in [3.8, 4) is 0 Å². The number of rotatable bonds is 5. The maximum atomic E-state index is 6.25. The van der Waals surface area contributed by atoms with E-state index in [2.05, 4.69) is 66.3 Å². The molecular weight excluding hydrogens is 354 g/mol. The van der Waals surface area contributed by atoms with Crippen LogP contribution < -0.4 is 5.32 Å². The lowest BCUT2D eigenvalue weighted by molar-refractivity contribution is 0.604. The van der Waals surface area contributed by atoms with Gasteiger partial charge in [0.1, 0.15) is 0 Å². The molecule has 2 aromatic rings. The zero-order chi connectivity index (χ0) is 14.7. The Morgan fingerprint density at radius 3 is 2.65 bits per heavy atom. The number of aryl methyl sites for hydroxylation is 2. The van der Waals surface area contributed by atoms with Crippen LogP contribution in [0.2, 0.25) is 4.34 Å². The third-order valence-corrected chi connectivity index (χ3v) is 5.56. The molecule has 1 N–H and O–H groups in total. The van der Waals surface area contributed by atoms with Gasteiger partial charge in [0.25, 0.3) is 0 Å². The molecule has 0 saturated heterocycles. The summed E-state index contributed by atoms with van der Waals surface area (Å²) in [6.45, 7) is 7.35. The van der Waals surface area contributed by atoms with Gasteiger partial charge in [-0.15, -0.1) is 11.3 Å². The molecule has 1 aromatic heterocycles. The summed E-state index contributed by atoms with van der Waals surface area (Å²) in [5, 5.41) is 3.63. The molecule has 0 radical (unpaired) electrons. The Kier molecular flexibility index (Phi) is 5.67. The van der Waals surface area contributed by atoms with Gasteiger partial charge in [-0.3, -0.25) is 0 Å². The van der Waals surface area contributed by atoms with Crippen molar-refractivity contribution < 1.29 is 0 Å². The molecule has 1 atom stereocenters. The van der Waals surface area contributed by atoms with E-state index in [1.165, 1.54) is 16.0 Å². The zero-order valence-corrected chi connectivity index (χ0v) is 15.1. The van der Waals surface area contributed by atoms with Gasteiger partial charge >= 0.3 is 0 Å². The molecule has 1 unspecified atom stereocenters. The van der Waals surface area contributed by atoms with Gasteiger partial charge in [0.2, 0.25) is 0 Å². The fourth-order valence-electron chi connectivity index (χ4n) is 2.16. The summed E-state index contributed by atoms with van der Waals surface area (Å²) in [5.74, 6) is 0. The van der Waals surface area contributed by atoms with E-state index >= 15 is 0 Å². The molecule has 0 bridgehead atoms. The van der Waals surface area contributed by atoms with Crippen molar-refractivity contribution in [1.82, 2.24) is 5.32 Å². The van der Waals surface area contributed by atoms with Crippen LogP contribution in [0.5, 0.6) is 0 Å². The predicted octanol–water partition coefficient (Wildman–Crippen LogP) is 5.87.